The number of carbonyl (C=O) groups is 3. The van der Waals surface area contributed by atoms with Crippen molar-refractivity contribution in [2.75, 3.05) is 70.5 Å². The first-order valence-electron chi connectivity index (χ1n) is 15.9. The summed E-state index contributed by atoms with van der Waals surface area (Å²) in [5, 5.41) is 17.0. The lowest BCUT2D eigenvalue weighted by molar-refractivity contribution is -0.384. The Morgan fingerprint density at radius 1 is 0.854 bits per heavy atom. The smallest absolute Gasteiger partial charge is 0.269 e. The number of anilines is 2. The number of nitro groups is 1. The minimum Gasteiger partial charge on any atom is -0.385 e. The lowest BCUT2D eigenvalue weighted by atomic mass is 9.99. The molecule has 2 N–H and O–H groups in total. The molecule has 0 unspecified atom stereocenters. The van der Waals surface area contributed by atoms with Crippen LogP contribution in [-0.2, 0) is 4.79 Å². The predicted octanol–water partition coefficient (Wildman–Crippen LogP) is 5.52. The zero-order valence-corrected chi connectivity index (χ0v) is 27.4. The van der Waals surface area contributed by atoms with Gasteiger partial charge in [0.2, 0.25) is 5.91 Å². The molecule has 0 aliphatic carbocycles. The van der Waals surface area contributed by atoms with Gasteiger partial charge >= 0.3 is 0 Å². The summed E-state index contributed by atoms with van der Waals surface area (Å²) >= 11 is 0. The van der Waals surface area contributed by atoms with Crippen molar-refractivity contribution in [2.24, 2.45) is 0 Å². The van der Waals surface area contributed by atoms with E-state index < -0.39 is 4.92 Å². The van der Waals surface area contributed by atoms with E-state index in [9.17, 15) is 24.5 Å². The lowest BCUT2D eigenvalue weighted by Crippen LogP contribution is -2.49. The lowest BCUT2D eigenvalue weighted by Gasteiger charge is -2.33. The van der Waals surface area contributed by atoms with Gasteiger partial charge in [-0.3, -0.25) is 29.4 Å². The van der Waals surface area contributed by atoms with Crippen molar-refractivity contribution in [1.29, 1.82) is 0 Å². The van der Waals surface area contributed by atoms with Gasteiger partial charge in [-0.05, 0) is 86.2 Å². The molecule has 11 heteroatoms. The Bertz CT molecular complexity index is 1640. The Labute approximate surface area is 281 Å². The second-order valence-electron chi connectivity index (χ2n) is 11.6. The highest BCUT2D eigenvalue weighted by atomic mass is 16.6. The average molecular weight is 651 g/mol. The standard InChI is InChI=1S/C20H14N2O4.C17H28N4O/c23-13-14-5-9-16(10-6-14)21-20(24)19-4-2-1-3-18(19)15-7-11-17(12-8-15)22(25)26;1-19-11-13-21(14-12-19)17(22)15-20(2)10-6-9-18-16-7-4-3-5-8-16/h1-13H,(H,21,24);3-5,7-8,18H,6,9-15H2,1-2H3. The summed E-state index contributed by atoms with van der Waals surface area (Å²) in [5.74, 6) is -0.0515. The van der Waals surface area contributed by atoms with E-state index in [-0.39, 0.29) is 17.5 Å². The van der Waals surface area contributed by atoms with Crippen molar-refractivity contribution >= 4 is 35.2 Å². The number of piperazine rings is 1. The number of nitrogens with one attached hydrogen (secondary N) is 2. The maximum Gasteiger partial charge on any atom is 0.269 e. The van der Waals surface area contributed by atoms with Crippen LogP contribution < -0.4 is 10.6 Å². The Morgan fingerprint density at radius 2 is 1.50 bits per heavy atom. The normalized spacial score (nSPS) is 12.9. The molecule has 1 aliphatic rings. The minimum atomic E-state index is -0.467. The molecule has 0 radical (unpaired) electrons. The zero-order chi connectivity index (χ0) is 34.3. The van der Waals surface area contributed by atoms with Crippen molar-refractivity contribution in [1.82, 2.24) is 14.7 Å². The summed E-state index contributed by atoms with van der Waals surface area (Å²) in [6.07, 6.45) is 1.76. The van der Waals surface area contributed by atoms with Crippen molar-refractivity contribution in [2.45, 2.75) is 6.42 Å². The number of non-ortho nitro benzene ring substituents is 1. The Kier molecular flexibility index (Phi) is 13.4. The third-order valence-corrected chi connectivity index (χ3v) is 7.95. The molecule has 5 rings (SSSR count). The fraction of sp³-hybridized carbons (Fsp3) is 0.270. The van der Waals surface area contributed by atoms with E-state index in [0.717, 1.165) is 57.7 Å². The van der Waals surface area contributed by atoms with Gasteiger partial charge in [-0.25, -0.2) is 0 Å². The Balaban J connectivity index is 0.000000220. The van der Waals surface area contributed by atoms with E-state index in [0.29, 0.717) is 34.5 Å². The summed E-state index contributed by atoms with van der Waals surface area (Å²) in [4.78, 5) is 52.3. The van der Waals surface area contributed by atoms with Gasteiger partial charge in [-0.2, -0.15) is 0 Å². The average Bonchev–Trinajstić information content (AvgIpc) is 3.11. The van der Waals surface area contributed by atoms with Crippen LogP contribution in [0.1, 0.15) is 27.1 Å². The zero-order valence-electron chi connectivity index (χ0n) is 27.4. The van der Waals surface area contributed by atoms with Gasteiger partial charge in [-0.1, -0.05) is 36.4 Å². The van der Waals surface area contributed by atoms with Crippen molar-refractivity contribution in [3.8, 4) is 11.1 Å². The number of nitrogens with zero attached hydrogens (tertiary/aromatic N) is 4. The topological polar surface area (TPSA) is 128 Å². The second kappa shape index (κ2) is 18.1. The summed E-state index contributed by atoms with van der Waals surface area (Å²) in [5.41, 5.74) is 4.06. The number of benzene rings is 4. The number of amides is 2. The summed E-state index contributed by atoms with van der Waals surface area (Å²) < 4.78 is 0. The van der Waals surface area contributed by atoms with Crippen LogP contribution in [0, 0.1) is 10.1 Å². The van der Waals surface area contributed by atoms with Gasteiger partial charge in [0.15, 0.2) is 0 Å². The molecule has 1 saturated heterocycles. The first-order chi connectivity index (χ1) is 23.2. The number of nitro benzene ring substituents is 1. The highest BCUT2D eigenvalue weighted by Crippen LogP contribution is 2.26. The Morgan fingerprint density at radius 3 is 2.15 bits per heavy atom. The minimum absolute atomic E-state index is 0.00838. The molecule has 4 aromatic carbocycles. The summed E-state index contributed by atoms with van der Waals surface area (Å²) in [6.45, 7) is 6.07. The molecule has 1 aliphatic heterocycles. The van der Waals surface area contributed by atoms with Crippen LogP contribution in [0.25, 0.3) is 11.1 Å². The molecule has 0 saturated carbocycles. The molecule has 11 nitrogen and oxygen atoms in total. The van der Waals surface area contributed by atoms with Gasteiger partial charge in [-0.15, -0.1) is 0 Å². The number of likely N-dealkylation sites (N-methyl/N-ethyl adjacent to an activating group) is 2. The molecule has 0 bridgehead atoms. The largest absolute Gasteiger partial charge is 0.385 e. The molecular weight excluding hydrogens is 608 g/mol. The van der Waals surface area contributed by atoms with Crippen molar-refractivity contribution in [3.05, 3.63) is 124 Å². The molecular formula is C37H42N6O5. The van der Waals surface area contributed by atoms with Crippen molar-refractivity contribution < 1.29 is 19.3 Å². The molecule has 1 heterocycles. The number of hydrogen-bond acceptors (Lipinski definition) is 8. The third kappa shape index (κ3) is 10.9. The van der Waals surface area contributed by atoms with Crippen LogP contribution in [0.3, 0.4) is 0 Å². The van der Waals surface area contributed by atoms with Crippen molar-refractivity contribution in [3.63, 3.8) is 0 Å². The summed E-state index contributed by atoms with van der Waals surface area (Å²) in [7, 11) is 4.13. The van der Waals surface area contributed by atoms with Gasteiger partial charge in [0, 0.05) is 73.9 Å². The monoisotopic (exact) mass is 650 g/mol. The highest BCUT2D eigenvalue weighted by Gasteiger charge is 2.20. The van der Waals surface area contributed by atoms with E-state index in [1.54, 1.807) is 60.7 Å². The van der Waals surface area contributed by atoms with Crippen LogP contribution in [0.2, 0.25) is 0 Å². The first kappa shape index (κ1) is 35.5. The number of hydrogen-bond donors (Lipinski definition) is 2. The van der Waals surface area contributed by atoms with E-state index in [1.165, 1.54) is 12.1 Å². The number of para-hydroxylation sites is 1. The molecule has 4 aromatic rings. The van der Waals surface area contributed by atoms with Gasteiger partial charge in [0.1, 0.15) is 6.29 Å². The van der Waals surface area contributed by atoms with Gasteiger partial charge < -0.3 is 20.4 Å². The van der Waals surface area contributed by atoms with Crippen LogP contribution in [0.5, 0.6) is 0 Å². The molecule has 0 spiro atoms. The van der Waals surface area contributed by atoms with Gasteiger partial charge in [0.25, 0.3) is 11.6 Å². The number of carbonyl (C=O) groups excluding carboxylic acids is 3. The number of rotatable bonds is 12. The fourth-order valence-electron chi connectivity index (χ4n) is 5.14. The predicted molar refractivity (Wildman–Crippen MR) is 189 cm³/mol. The van der Waals surface area contributed by atoms with E-state index in [4.69, 9.17) is 0 Å². The third-order valence-electron chi connectivity index (χ3n) is 7.95. The number of aldehydes is 1. The van der Waals surface area contributed by atoms with E-state index >= 15 is 0 Å². The highest BCUT2D eigenvalue weighted by molar-refractivity contribution is 6.08. The molecule has 1 fully saturated rings. The van der Waals surface area contributed by atoms with E-state index in [1.807, 2.05) is 30.1 Å². The van der Waals surface area contributed by atoms with Crippen LogP contribution >= 0.6 is 0 Å². The SMILES string of the molecule is CN1CCN(C(=O)CN(C)CCCNc2ccccc2)CC1.O=Cc1ccc(NC(=O)c2ccccc2-c2ccc([N+](=O)[O-])cc2)cc1. The molecule has 0 aromatic heterocycles. The molecule has 0 atom stereocenters. The van der Waals surface area contributed by atoms with Crippen LogP contribution in [-0.4, -0.2) is 97.6 Å². The quantitative estimate of drug-likeness (QED) is 0.0888. The Hall–Kier alpha value is -5.39. The fourth-order valence-corrected chi connectivity index (χ4v) is 5.14. The maximum atomic E-state index is 12.6. The molecule has 48 heavy (non-hydrogen) atoms. The second-order valence-corrected chi connectivity index (χ2v) is 11.6. The van der Waals surface area contributed by atoms with Crippen LogP contribution in [0.15, 0.2) is 103 Å². The molecule has 2 amide bonds. The van der Waals surface area contributed by atoms with Crippen LogP contribution in [0.4, 0.5) is 17.1 Å². The van der Waals surface area contributed by atoms with Gasteiger partial charge in [0.05, 0.1) is 11.5 Å². The maximum absolute atomic E-state index is 12.6. The summed E-state index contributed by atoms with van der Waals surface area (Å²) in [6, 6.07) is 29.8. The van der Waals surface area contributed by atoms with E-state index in [2.05, 4.69) is 39.6 Å². The molecule has 250 valence electrons. The first-order valence-corrected chi connectivity index (χ1v) is 15.9.